The summed E-state index contributed by atoms with van der Waals surface area (Å²) in [5, 5.41) is 11.2. The van der Waals surface area contributed by atoms with Crippen LogP contribution >= 0.6 is 0 Å². The van der Waals surface area contributed by atoms with Gasteiger partial charge in [-0.3, -0.25) is 14.5 Å². The highest BCUT2D eigenvalue weighted by Crippen LogP contribution is 2.42. The summed E-state index contributed by atoms with van der Waals surface area (Å²) in [7, 11) is 0. The summed E-state index contributed by atoms with van der Waals surface area (Å²) in [6, 6.07) is 18.7. The maximum absolute atomic E-state index is 13.6. The molecule has 0 aromatic heterocycles. The van der Waals surface area contributed by atoms with Crippen molar-refractivity contribution in [2.75, 3.05) is 11.5 Å². The van der Waals surface area contributed by atoms with Crippen LogP contribution < -0.4 is 9.64 Å². The number of aliphatic hydroxyl groups excluding tert-OH is 1. The second kappa shape index (κ2) is 9.28. The number of Topliss-reactive ketones (excluding diaryl/α,β-unsaturated/α-hetero) is 1. The number of benzene rings is 3. The first-order chi connectivity index (χ1) is 15.9. The van der Waals surface area contributed by atoms with Crippen molar-refractivity contribution >= 4 is 23.1 Å². The lowest BCUT2D eigenvalue weighted by Gasteiger charge is -2.25. The molecule has 1 N–H and O–H groups in total. The van der Waals surface area contributed by atoms with Gasteiger partial charge in [0.25, 0.3) is 11.7 Å². The zero-order chi connectivity index (χ0) is 23.5. The third-order valence-electron chi connectivity index (χ3n) is 5.67. The molecule has 0 spiro atoms. The molecule has 0 radical (unpaired) electrons. The lowest BCUT2D eigenvalue weighted by molar-refractivity contribution is -0.132. The average molecular weight is 445 g/mol. The van der Waals surface area contributed by atoms with E-state index < -0.39 is 23.5 Å². The third-order valence-corrected chi connectivity index (χ3v) is 5.67. The lowest BCUT2D eigenvalue weighted by Crippen LogP contribution is -2.29. The first-order valence-electron chi connectivity index (χ1n) is 10.8. The van der Waals surface area contributed by atoms with E-state index in [1.807, 2.05) is 26.0 Å². The number of hydrogen-bond donors (Lipinski definition) is 1. The molecule has 0 bridgehead atoms. The minimum atomic E-state index is -0.908. The van der Waals surface area contributed by atoms with E-state index in [9.17, 15) is 19.1 Å². The predicted molar refractivity (Wildman–Crippen MR) is 125 cm³/mol. The molecule has 4 rings (SSSR count). The highest BCUT2D eigenvalue weighted by molar-refractivity contribution is 6.51. The molecule has 1 unspecified atom stereocenters. The Bertz CT molecular complexity index is 1220. The van der Waals surface area contributed by atoms with Crippen LogP contribution in [-0.4, -0.2) is 23.4 Å². The van der Waals surface area contributed by atoms with Crippen molar-refractivity contribution in [3.63, 3.8) is 0 Å². The van der Waals surface area contributed by atoms with E-state index in [-0.39, 0.29) is 11.3 Å². The van der Waals surface area contributed by atoms with Crippen molar-refractivity contribution in [2.45, 2.75) is 26.3 Å². The van der Waals surface area contributed by atoms with Crippen molar-refractivity contribution in [3.05, 3.63) is 101 Å². The van der Waals surface area contributed by atoms with Crippen LogP contribution in [0.4, 0.5) is 10.1 Å². The highest BCUT2D eigenvalue weighted by Gasteiger charge is 2.47. The minimum absolute atomic E-state index is 0.0557. The number of carbonyl (C=O) groups excluding carboxylic acids is 2. The number of aliphatic hydroxyl groups is 1. The van der Waals surface area contributed by atoms with Gasteiger partial charge in [0.05, 0.1) is 18.2 Å². The van der Waals surface area contributed by atoms with Gasteiger partial charge in [-0.05, 0) is 60.9 Å². The van der Waals surface area contributed by atoms with Crippen LogP contribution in [0.25, 0.3) is 5.76 Å². The maximum Gasteiger partial charge on any atom is 0.300 e. The molecule has 1 amide bonds. The van der Waals surface area contributed by atoms with Crippen molar-refractivity contribution < 1.29 is 23.8 Å². The van der Waals surface area contributed by atoms with Gasteiger partial charge in [0, 0.05) is 11.3 Å². The lowest BCUT2D eigenvalue weighted by atomic mass is 9.95. The van der Waals surface area contributed by atoms with Crippen molar-refractivity contribution in [2.24, 2.45) is 0 Å². The number of halogens is 1. The number of aryl methyl sites for hydroxylation is 1. The molecule has 3 aromatic rings. The van der Waals surface area contributed by atoms with E-state index >= 15 is 0 Å². The van der Waals surface area contributed by atoms with Gasteiger partial charge in [-0.2, -0.15) is 0 Å². The summed E-state index contributed by atoms with van der Waals surface area (Å²) in [4.78, 5) is 27.7. The number of anilines is 1. The molecular formula is C27H24FNO4. The summed E-state index contributed by atoms with van der Waals surface area (Å²) >= 11 is 0. The van der Waals surface area contributed by atoms with Crippen molar-refractivity contribution in [3.8, 4) is 5.75 Å². The zero-order valence-electron chi connectivity index (χ0n) is 18.4. The fourth-order valence-electron chi connectivity index (χ4n) is 4.01. The second-order valence-electron chi connectivity index (χ2n) is 7.70. The van der Waals surface area contributed by atoms with E-state index in [4.69, 9.17) is 4.74 Å². The van der Waals surface area contributed by atoms with Gasteiger partial charge in [-0.15, -0.1) is 0 Å². The monoisotopic (exact) mass is 445 g/mol. The first kappa shape index (κ1) is 22.3. The molecule has 5 nitrogen and oxygen atoms in total. The van der Waals surface area contributed by atoms with Gasteiger partial charge in [-0.1, -0.05) is 43.3 Å². The fourth-order valence-corrected chi connectivity index (χ4v) is 4.01. The molecule has 1 atom stereocenters. The maximum atomic E-state index is 13.6. The Labute approximate surface area is 191 Å². The number of amides is 1. The van der Waals surface area contributed by atoms with Gasteiger partial charge in [0.15, 0.2) is 0 Å². The molecule has 168 valence electrons. The Morgan fingerprint density at radius 2 is 1.70 bits per heavy atom. The SMILES string of the molecule is CCOc1cccc(/C(O)=C2/C(=O)C(=O)N(c3ccc(CC)cc3)C2c2ccc(F)cc2)c1. The molecule has 33 heavy (non-hydrogen) atoms. The summed E-state index contributed by atoms with van der Waals surface area (Å²) in [6.45, 7) is 4.31. The summed E-state index contributed by atoms with van der Waals surface area (Å²) in [5.74, 6) is -1.77. The van der Waals surface area contributed by atoms with Crippen LogP contribution in [0.1, 0.15) is 36.6 Å². The number of carbonyl (C=O) groups is 2. The predicted octanol–water partition coefficient (Wildman–Crippen LogP) is 5.41. The molecule has 1 heterocycles. The Morgan fingerprint density at radius 3 is 2.33 bits per heavy atom. The molecule has 1 fully saturated rings. The normalized spacial score (nSPS) is 17.4. The molecule has 3 aromatic carbocycles. The van der Waals surface area contributed by atoms with E-state index in [1.54, 1.807) is 36.4 Å². The largest absolute Gasteiger partial charge is 0.507 e. The van der Waals surface area contributed by atoms with Crippen molar-refractivity contribution in [1.82, 2.24) is 0 Å². The van der Waals surface area contributed by atoms with Crippen LogP contribution in [0.2, 0.25) is 0 Å². The molecule has 1 saturated heterocycles. The number of ketones is 1. The Hall–Kier alpha value is -3.93. The van der Waals surface area contributed by atoms with Crippen molar-refractivity contribution in [1.29, 1.82) is 0 Å². The van der Waals surface area contributed by atoms with Crippen LogP contribution in [0, 0.1) is 5.82 Å². The molecular weight excluding hydrogens is 421 g/mol. The number of ether oxygens (including phenoxy) is 1. The topological polar surface area (TPSA) is 66.8 Å². The number of nitrogens with zero attached hydrogens (tertiary/aromatic N) is 1. The molecule has 6 heteroatoms. The Morgan fingerprint density at radius 1 is 1.00 bits per heavy atom. The highest BCUT2D eigenvalue weighted by atomic mass is 19.1. The van der Waals surface area contributed by atoms with Gasteiger partial charge in [0.2, 0.25) is 0 Å². The van der Waals surface area contributed by atoms with Gasteiger partial charge < -0.3 is 9.84 Å². The standard InChI is InChI=1S/C27H24FNO4/c1-3-17-8-14-21(15-9-17)29-24(18-10-12-20(28)13-11-18)23(26(31)27(29)32)25(30)19-6-5-7-22(16-19)33-4-2/h5-16,24,30H,3-4H2,1-2H3/b25-23-. The van der Waals surface area contributed by atoms with E-state index in [1.165, 1.54) is 29.2 Å². The average Bonchev–Trinajstić information content (AvgIpc) is 3.10. The van der Waals surface area contributed by atoms with Gasteiger partial charge in [0.1, 0.15) is 17.3 Å². The van der Waals surface area contributed by atoms with E-state index in [0.717, 1.165) is 12.0 Å². The Kier molecular flexibility index (Phi) is 6.27. The van der Waals surface area contributed by atoms with E-state index in [2.05, 4.69) is 0 Å². The number of hydrogen-bond acceptors (Lipinski definition) is 4. The number of rotatable bonds is 6. The first-order valence-corrected chi connectivity index (χ1v) is 10.8. The molecule has 1 aliphatic rings. The van der Waals surface area contributed by atoms with Crippen LogP contribution in [-0.2, 0) is 16.0 Å². The fraction of sp³-hybridized carbons (Fsp3) is 0.185. The van der Waals surface area contributed by atoms with Crippen LogP contribution in [0.5, 0.6) is 5.75 Å². The Balaban J connectivity index is 1.90. The summed E-state index contributed by atoms with van der Waals surface area (Å²) < 4.78 is 19.2. The summed E-state index contributed by atoms with van der Waals surface area (Å²) in [5.41, 5.74) is 2.41. The third kappa shape index (κ3) is 4.24. The van der Waals surface area contributed by atoms with Gasteiger partial charge in [-0.25, -0.2) is 4.39 Å². The van der Waals surface area contributed by atoms with Gasteiger partial charge >= 0.3 is 0 Å². The zero-order valence-corrected chi connectivity index (χ0v) is 18.4. The smallest absolute Gasteiger partial charge is 0.300 e. The van der Waals surface area contributed by atoms with E-state index in [0.29, 0.717) is 29.2 Å². The molecule has 0 aliphatic carbocycles. The molecule has 0 saturated carbocycles. The van der Waals surface area contributed by atoms with Crippen LogP contribution in [0.3, 0.4) is 0 Å². The quantitative estimate of drug-likeness (QED) is 0.313. The minimum Gasteiger partial charge on any atom is -0.507 e. The summed E-state index contributed by atoms with van der Waals surface area (Å²) in [6.07, 6.45) is 0.830. The second-order valence-corrected chi connectivity index (χ2v) is 7.70. The van der Waals surface area contributed by atoms with Crippen LogP contribution in [0.15, 0.2) is 78.4 Å². The molecule has 1 aliphatic heterocycles.